The molecule has 0 spiro atoms. The van der Waals surface area contributed by atoms with Gasteiger partial charge in [0.2, 0.25) is 10.0 Å². The molecule has 0 saturated carbocycles. The summed E-state index contributed by atoms with van der Waals surface area (Å²) in [6.07, 6.45) is 1.17. The molecule has 0 aromatic heterocycles. The Morgan fingerprint density at radius 2 is 2.05 bits per heavy atom. The molecule has 21 heavy (non-hydrogen) atoms. The van der Waals surface area contributed by atoms with Crippen LogP contribution in [0, 0.1) is 0 Å². The Morgan fingerprint density at radius 1 is 1.43 bits per heavy atom. The van der Waals surface area contributed by atoms with Crippen LogP contribution in [0.5, 0.6) is 0 Å². The highest BCUT2D eigenvalue weighted by Gasteiger charge is 2.29. The second-order valence-electron chi connectivity index (χ2n) is 6.69. The van der Waals surface area contributed by atoms with Gasteiger partial charge in [0.15, 0.2) is 5.96 Å². The maximum Gasteiger partial charge on any atom is 0.209 e. The van der Waals surface area contributed by atoms with Crippen LogP contribution in [0.2, 0.25) is 0 Å². The highest BCUT2D eigenvalue weighted by molar-refractivity contribution is 8.00. The molecule has 124 valence electrons. The third-order valence-electron chi connectivity index (χ3n) is 3.09. The molecule has 1 fully saturated rings. The molecule has 0 aromatic rings. The van der Waals surface area contributed by atoms with Gasteiger partial charge in [-0.05, 0) is 27.7 Å². The number of guanidine groups is 1. The van der Waals surface area contributed by atoms with Crippen LogP contribution in [-0.2, 0) is 10.0 Å². The third kappa shape index (κ3) is 6.88. The van der Waals surface area contributed by atoms with Gasteiger partial charge in [-0.2, -0.15) is 11.8 Å². The van der Waals surface area contributed by atoms with Gasteiger partial charge in [-0.15, -0.1) is 0 Å². The summed E-state index contributed by atoms with van der Waals surface area (Å²) in [5.41, 5.74) is -0.566. The van der Waals surface area contributed by atoms with Crippen molar-refractivity contribution in [2.75, 3.05) is 38.7 Å². The number of aliphatic imine (C=N–C) groups is 1. The zero-order chi connectivity index (χ0) is 16.3. The van der Waals surface area contributed by atoms with Crippen LogP contribution >= 0.6 is 11.8 Å². The number of nitrogens with one attached hydrogen (secondary N) is 2. The lowest BCUT2D eigenvalue weighted by Crippen LogP contribution is -2.56. The smallest absolute Gasteiger partial charge is 0.209 e. The van der Waals surface area contributed by atoms with Gasteiger partial charge in [0.25, 0.3) is 0 Å². The SMILES string of the molecule is CN=C(NCC(C)(C)NS(C)(=O)=O)N1CCSC(C)(C)C1. The van der Waals surface area contributed by atoms with Gasteiger partial charge in [0, 0.05) is 42.7 Å². The molecule has 8 heteroatoms. The lowest BCUT2D eigenvalue weighted by atomic mass is 10.1. The Kier molecular flexibility index (Phi) is 5.97. The first-order chi connectivity index (χ1) is 9.44. The van der Waals surface area contributed by atoms with Gasteiger partial charge in [-0.1, -0.05) is 0 Å². The van der Waals surface area contributed by atoms with E-state index in [2.05, 4.69) is 33.8 Å². The predicted molar refractivity (Wildman–Crippen MR) is 91.5 cm³/mol. The van der Waals surface area contributed by atoms with E-state index < -0.39 is 15.6 Å². The van der Waals surface area contributed by atoms with Gasteiger partial charge in [0.05, 0.1) is 6.26 Å². The van der Waals surface area contributed by atoms with Crippen molar-refractivity contribution in [2.45, 2.75) is 38.0 Å². The molecule has 0 atom stereocenters. The van der Waals surface area contributed by atoms with Gasteiger partial charge in [-0.3, -0.25) is 4.99 Å². The van der Waals surface area contributed by atoms with Crippen LogP contribution in [0.15, 0.2) is 4.99 Å². The number of rotatable bonds is 4. The van der Waals surface area contributed by atoms with Crippen molar-refractivity contribution in [1.29, 1.82) is 0 Å². The van der Waals surface area contributed by atoms with Crippen LogP contribution in [-0.4, -0.2) is 68.3 Å². The normalized spacial score (nSPS) is 20.5. The van der Waals surface area contributed by atoms with Gasteiger partial charge in [-0.25, -0.2) is 13.1 Å². The maximum atomic E-state index is 11.4. The molecule has 1 aliphatic heterocycles. The van der Waals surface area contributed by atoms with Gasteiger partial charge >= 0.3 is 0 Å². The summed E-state index contributed by atoms with van der Waals surface area (Å²) in [6, 6.07) is 0. The molecular weight excluding hydrogens is 308 g/mol. The quantitative estimate of drug-likeness (QED) is 0.584. The fourth-order valence-electron chi connectivity index (χ4n) is 2.37. The second kappa shape index (κ2) is 6.75. The molecule has 0 aromatic carbocycles. The summed E-state index contributed by atoms with van der Waals surface area (Å²) >= 11 is 1.97. The lowest BCUT2D eigenvalue weighted by Gasteiger charge is -2.40. The number of hydrogen-bond donors (Lipinski definition) is 2. The predicted octanol–water partition coefficient (Wildman–Crippen LogP) is 0.717. The van der Waals surface area contributed by atoms with E-state index in [-0.39, 0.29) is 4.75 Å². The summed E-state index contributed by atoms with van der Waals surface area (Å²) in [4.78, 5) is 6.55. The highest BCUT2D eigenvalue weighted by Crippen LogP contribution is 2.29. The van der Waals surface area contributed by atoms with Crippen molar-refractivity contribution in [3.8, 4) is 0 Å². The Balaban J connectivity index is 2.63. The Labute approximate surface area is 133 Å². The average molecular weight is 337 g/mol. The van der Waals surface area contributed by atoms with E-state index in [1.165, 1.54) is 6.26 Å². The Morgan fingerprint density at radius 3 is 2.52 bits per heavy atom. The first-order valence-electron chi connectivity index (χ1n) is 7.03. The lowest BCUT2D eigenvalue weighted by molar-refractivity contribution is 0.365. The first kappa shape index (κ1) is 18.6. The van der Waals surface area contributed by atoms with E-state index >= 15 is 0 Å². The van der Waals surface area contributed by atoms with Gasteiger partial charge < -0.3 is 10.2 Å². The van der Waals surface area contributed by atoms with Crippen LogP contribution in [0.3, 0.4) is 0 Å². The number of thioether (sulfide) groups is 1. The second-order valence-corrected chi connectivity index (χ2v) is 10.2. The molecule has 1 heterocycles. The van der Waals surface area contributed by atoms with Crippen molar-refractivity contribution in [3.63, 3.8) is 0 Å². The van der Waals surface area contributed by atoms with Crippen molar-refractivity contribution < 1.29 is 8.42 Å². The van der Waals surface area contributed by atoms with Crippen molar-refractivity contribution >= 4 is 27.7 Å². The zero-order valence-corrected chi connectivity index (χ0v) is 15.5. The van der Waals surface area contributed by atoms with E-state index in [1.54, 1.807) is 7.05 Å². The molecule has 0 bridgehead atoms. The molecule has 0 radical (unpaired) electrons. The molecule has 0 unspecified atom stereocenters. The van der Waals surface area contributed by atoms with Crippen molar-refractivity contribution in [2.24, 2.45) is 4.99 Å². The molecule has 0 amide bonds. The fraction of sp³-hybridized carbons (Fsp3) is 0.923. The largest absolute Gasteiger partial charge is 0.354 e. The van der Waals surface area contributed by atoms with E-state index in [0.717, 1.165) is 24.8 Å². The molecule has 1 aliphatic rings. The summed E-state index contributed by atoms with van der Waals surface area (Å²) in [5.74, 6) is 1.89. The molecule has 1 rings (SSSR count). The van der Waals surface area contributed by atoms with Crippen LogP contribution in [0.1, 0.15) is 27.7 Å². The minimum Gasteiger partial charge on any atom is -0.354 e. The first-order valence-corrected chi connectivity index (χ1v) is 9.90. The number of nitrogens with zero attached hydrogens (tertiary/aromatic N) is 2. The molecule has 1 saturated heterocycles. The zero-order valence-electron chi connectivity index (χ0n) is 13.9. The summed E-state index contributed by atoms with van der Waals surface area (Å²) in [6.45, 7) is 10.5. The topological polar surface area (TPSA) is 73.8 Å². The van der Waals surface area contributed by atoms with E-state index in [9.17, 15) is 8.42 Å². The van der Waals surface area contributed by atoms with Gasteiger partial charge in [0.1, 0.15) is 0 Å². The molecular formula is C13H28N4O2S2. The van der Waals surface area contributed by atoms with E-state index in [4.69, 9.17) is 0 Å². The average Bonchev–Trinajstić information content (AvgIpc) is 2.25. The van der Waals surface area contributed by atoms with E-state index in [0.29, 0.717) is 6.54 Å². The Bertz CT molecular complexity index is 486. The van der Waals surface area contributed by atoms with E-state index in [1.807, 2.05) is 25.6 Å². The summed E-state index contributed by atoms with van der Waals surface area (Å²) in [7, 11) is -1.47. The van der Waals surface area contributed by atoms with Crippen LogP contribution < -0.4 is 10.0 Å². The number of hydrogen-bond acceptors (Lipinski definition) is 4. The summed E-state index contributed by atoms with van der Waals surface area (Å²) < 4.78 is 25.6. The third-order valence-corrected chi connectivity index (χ3v) is 5.31. The fourth-order valence-corrected chi connectivity index (χ4v) is 4.55. The maximum absolute atomic E-state index is 11.4. The van der Waals surface area contributed by atoms with Crippen LogP contribution in [0.25, 0.3) is 0 Å². The monoisotopic (exact) mass is 336 g/mol. The van der Waals surface area contributed by atoms with Crippen LogP contribution in [0.4, 0.5) is 0 Å². The summed E-state index contributed by atoms with van der Waals surface area (Å²) in [5, 5.41) is 3.28. The molecule has 2 N–H and O–H groups in total. The molecule has 0 aliphatic carbocycles. The molecule has 6 nitrogen and oxygen atoms in total. The minimum atomic E-state index is -3.23. The number of sulfonamides is 1. The van der Waals surface area contributed by atoms with Crippen molar-refractivity contribution in [3.05, 3.63) is 0 Å². The standard InChI is InChI=1S/C13H28N4O2S2/c1-12(2,16-21(6,18)19)9-15-11(14-5)17-7-8-20-13(3,4)10-17/h16H,7-10H2,1-6H3,(H,14,15). The highest BCUT2D eigenvalue weighted by atomic mass is 32.2. The van der Waals surface area contributed by atoms with Crippen molar-refractivity contribution in [1.82, 2.24) is 14.9 Å². The minimum absolute atomic E-state index is 0.205. The Hall–Kier alpha value is -0.470.